The van der Waals surface area contributed by atoms with E-state index >= 15 is 0 Å². The van der Waals surface area contributed by atoms with Crippen LogP contribution < -0.4 is 11.1 Å². The molecular weight excluding hydrogens is 174 g/mol. The second-order valence-corrected chi connectivity index (χ2v) is 2.48. The predicted molar refractivity (Wildman–Crippen MR) is 44.5 cm³/mol. The minimum absolute atomic E-state index is 0.135. The van der Waals surface area contributed by atoms with Crippen molar-refractivity contribution in [2.75, 3.05) is 0 Å². The molecule has 13 heavy (non-hydrogen) atoms. The summed E-state index contributed by atoms with van der Waals surface area (Å²) >= 11 is 0. The molecule has 1 atom stereocenters. The van der Waals surface area contributed by atoms with Crippen LogP contribution in [-0.2, 0) is 9.59 Å². The molecule has 66 valence electrons. The third kappa shape index (κ3) is 1.19. The van der Waals surface area contributed by atoms with Gasteiger partial charge in [0.1, 0.15) is 0 Å². The zero-order valence-corrected chi connectivity index (χ0v) is 6.39. The van der Waals surface area contributed by atoms with E-state index in [-0.39, 0.29) is 11.8 Å². The van der Waals surface area contributed by atoms with Crippen molar-refractivity contribution < 1.29 is 9.59 Å². The molecule has 3 N–H and O–H groups in total. The number of hydrogen-bond acceptors (Lipinski definition) is 5. The van der Waals surface area contributed by atoms with Gasteiger partial charge in [-0.1, -0.05) is 0 Å². The molecule has 0 spiro atoms. The maximum absolute atomic E-state index is 11.1. The van der Waals surface area contributed by atoms with Crippen LogP contribution in [0.4, 0.5) is 0 Å². The Hall–Kier alpha value is -2.05. The first-order chi connectivity index (χ1) is 6.16. The SMILES string of the molecule is NC1=NC(=O)C2NC(=O)C=NC2=N1. The van der Waals surface area contributed by atoms with Crippen molar-refractivity contribution in [2.24, 2.45) is 20.7 Å². The highest BCUT2D eigenvalue weighted by atomic mass is 16.2. The van der Waals surface area contributed by atoms with Crippen molar-refractivity contribution in [1.82, 2.24) is 5.32 Å². The van der Waals surface area contributed by atoms with Gasteiger partial charge in [0.05, 0.1) is 6.21 Å². The Morgan fingerprint density at radius 1 is 1.38 bits per heavy atom. The highest BCUT2D eigenvalue weighted by Gasteiger charge is 2.31. The Kier molecular flexibility index (Phi) is 1.44. The molecular formula is C6H5N5O2. The average molecular weight is 179 g/mol. The van der Waals surface area contributed by atoms with Gasteiger partial charge in [0.15, 0.2) is 11.9 Å². The van der Waals surface area contributed by atoms with Crippen LogP contribution in [-0.4, -0.2) is 35.9 Å². The molecule has 0 fully saturated rings. The second kappa shape index (κ2) is 2.47. The van der Waals surface area contributed by atoms with Gasteiger partial charge in [0.25, 0.3) is 11.8 Å². The number of rotatable bonds is 0. The van der Waals surface area contributed by atoms with Gasteiger partial charge in [-0.25, -0.2) is 4.99 Å². The lowest BCUT2D eigenvalue weighted by molar-refractivity contribution is -0.122. The molecule has 1 unspecified atom stereocenters. The first-order valence-electron chi connectivity index (χ1n) is 3.48. The number of carbonyl (C=O) groups excluding carboxylic acids is 2. The molecule has 0 aliphatic carbocycles. The van der Waals surface area contributed by atoms with Gasteiger partial charge in [0.2, 0.25) is 5.96 Å². The smallest absolute Gasteiger partial charge is 0.279 e. The number of hydrogen-bond donors (Lipinski definition) is 2. The number of amidine groups is 1. The van der Waals surface area contributed by atoms with Gasteiger partial charge in [0, 0.05) is 0 Å². The second-order valence-electron chi connectivity index (χ2n) is 2.48. The zero-order valence-electron chi connectivity index (χ0n) is 6.39. The largest absolute Gasteiger partial charge is 0.368 e. The molecule has 7 nitrogen and oxygen atoms in total. The topological polar surface area (TPSA) is 109 Å². The summed E-state index contributed by atoms with van der Waals surface area (Å²) in [4.78, 5) is 32.7. The van der Waals surface area contributed by atoms with E-state index in [1.165, 1.54) is 0 Å². The number of nitrogens with one attached hydrogen (secondary N) is 1. The maximum atomic E-state index is 11.1. The third-order valence-corrected chi connectivity index (χ3v) is 1.56. The van der Waals surface area contributed by atoms with Crippen molar-refractivity contribution in [3.05, 3.63) is 0 Å². The standard InChI is InChI=1S/C6H5N5O2/c7-6-10-4-3(5(13)11-6)9-2(12)1-8-4/h1,3H,(H,9,12)(H2,7,11,13). The quantitative estimate of drug-likeness (QED) is 0.440. The third-order valence-electron chi connectivity index (χ3n) is 1.56. The minimum Gasteiger partial charge on any atom is -0.368 e. The minimum atomic E-state index is -0.871. The molecule has 2 heterocycles. The van der Waals surface area contributed by atoms with Crippen LogP contribution in [0.1, 0.15) is 0 Å². The fourth-order valence-corrected chi connectivity index (χ4v) is 1.03. The van der Waals surface area contributed by atoms with Crippen LogP contribution >= 0.6 is 0 Å². The molecule has 2 rings (SSSR count). The predicted octanol–water partition coefficient (Wildman–Crippen LogP) is -2.19. The summed E-state index contributed by atoms with van der Waals surface area (Å²) in [5.41, 5.74) is 5.22. The summed E-state index contributed by atoms with van der Waals surface area (Å²) in [6.07, 6.45) is 1.04. The lowest BCUT2D eigenvalue weighted by Gasteiger charge is -2.19. The highest BCUT2D eigenvalue weighted by molar-refractivity contribution is 6.35. The molecule has 0 saturated carbocycles. The van der Waals surface area contributed by atoms with Crippen LogP contribution in [0.2, 0.25) is 0 Å². The zero-order chi connectivity index (χ0) is 9.42. The Labute approximate surface area is 72.5 Å². The maximum Gasteiger partial charge on any atom is 0.279 e. The van der Waals surface area contributed by atoms with Crippen molar-refractivity contribution in [1.29, 1.82) is 0 Å². The van der Waals surface area contributed by atoms with Crippen LogP contribution in [0, 0.1) is 0 Å². The molecule has 2 amide bonds. The first-order valence-corrected chi connectivity index (χ1v) is 3.48. The normalized spacial score (nSPS) is 26.0. The molecule has 0 aromatic heterocycles. The number of guanidine groups is 1. The van der Waals surface area contributed by atoms with E-state index in [0.29, 0.717) is 0 Å². The molecule has 7 heteroatoms. The summed E-state index contributed by atoms with van der Waals surface area (Å²) in [7, 11) is 0. The number of fused-ring (bicyclic) bond motifs is 1. The first kappa shape index (κ1) is 7.59. The monoisotopic (exact) mass is 179 g/mol. The number of amides is 2. The van der Waals surface area contributed by atoms with Crippen molar-refractivity contribution in [2.45, 2.75) is 6.04 Å². The molecule has 0 saturated heterocycles. The number of aliphatic imine (C=N–C) groups is 3. The molecule has 0 aromatic carbocycles. The summed E-state index contributed by atoms with van der Waals surface area (Å²) in [6.45, 7) is 0. The van der Waals surface area contributed by atoms with Gasteiger partial charge >= 0.3 is 0 Å². The van der Waals surface area contributed by atoms with Crippen molar-refractivity contribution in [3.8, 4) is 0 Å². The van der Waals surface area contributed by atoms with Gasteiger partial charge in [-0.2, -0.15) is 9.98 Å². The lowest BCUT2D eigenvalue weighted by Crippen LogP contribution is -2.51. The van der Waals surface area contributed by atoms with Crippen LogP contribution in [0.25, 0.3) is 0 Å². The number of nitrogens with zero attached hydrogens (tertiary/aromatic N) is 3. The summed E-state index contributed by atoms with van der Waals surface area (Å²) in [6, 6.07) is -0.871. The van der Waals surface area contributed by atoms with E-state index in [0.717, 1.165) is 6.21 Å². The number of nitrogens with two attached hydrogens (primary N) is 1. The average Bonchev–Trinajstić information content (AvgIpc) is 2.06. The molecule has 2 aliphatic rings. The Morgan fingerprint density at radius 2 is 2.15 bits per heavy atom. The van der Waals surface area contributed by atoms with Gasteiger partial charge in [-0.15, -0.1) is 0 Å². The number of carbonyl (C=O) groups is 2. The fourth-order valence-electron chi connectivity index (χ4n) is 1.03. The lowest BCUT2D eigenvalue weighted by atomic mass is 10.2. The van der Waals surface area contributed by atoms with E-state index < -0.39 is 17.9 Å². The van der Waals surface area contributed by atoms with Crippen molar-refractivity contribution in [3.63, 3.8) is 0 Å². The van der Waals surface area contributed by atoms with E-state index in [9.17, 15) is 9.59 Å². The molecule has 2 aliphatic heterocycles. The fraction of sp³-hybridized carbons (Fsp3) is 0.167. The van der Waals surface area contributed by atoms with E-state index in [2.05, 4.69) is 20.3 Å². The Balaban J connectivity index is 2.42. The molecule has 0 aromatic rings. The van der Waals surface area contributed by atoms with E-state index in [4.69, 9.17) is 5.73 Å². The van der Waals surface area contributed by atoms with E-state index in [1.54, 1.807) is 0 Å². The van der Waals surface area contributed by atoms with Crippen molar-refractivity contribution >= 4 is 29.8 Å². The highest BCUT2D eigenvalue weighted by Crippen LogP contribution is 2.04. The van der Waals surface area contributed by atoms with Crippen LogP contribution in [0.3, 0.4) is 0 Å². The Bertz CT molecular complexity index is 380. The van der Waals surface area contributed by atoms with Gasteiger partial charge in [-0.3, -0.25) is 9.59 Å². The summed E-state index contributed by atoms with van der Waals surface area (Å²) < 4.78 is 0. The van der Waals surface area contributed by atoms with Crippen LogP contribution in [0.5, 0.6) is 0 Å². The summed E-state index contributed by atoms with van der Waals surface area (Å²) in [5.74, 6) is -0.942. The molecule has 0 bridgehead atoms. The van der Waals surface area contributed by atoms with Gasteiger partial charge < -0.3 is 11.1 Å². The molecule has 0 radical (unpaired) electrons. The summed E-state index contributed by atoms with van der Waals surface area (Å²) in [5, 5.41) is 2.36. The Morgan fingerprint density at radius 3 is 2.92 bits per heavy atom. The van der Waals surface area contributed by atoms with Gasteiger partial charge in [-0.05, 0) is 0 Å². The van der Waals surface area contributed by atoms with Crippen LogP contribution in [0.15, 0.2) is 15.0 Å². The van der Waals surface area contributed by atoms with E-state index in [1.807, 2.05) is 0 Å².